The third-order valence-electron chi connectivity index (χ3n) is 1.83. The van der Waals surface area contributed by atoms with E-state index in [-0.39, 0.29) is 18.9 Å². The number of carbonyl (C=O) groups excluding carboxylic acids is 1. The average molecular weight is 186 g/mol. The van der Waals surface area contributed by atoms with E-state index in [2.05, 4.69) is 6.92 Å². The summed E-state index contributed by atoms with van der Waals surface area (Å²) in [5, 5.41) is 0. The Morgan fingerprint density at radius 1 is 1.21 bits per heavy atom. The number of methoxy groups -OCH3 is 2. The van der Waals surface area contributed by atoms with Gasteiger partial charge in [-0.15, -0.1) is 5.56 Å². The van der Waals surface area contributed by atoms with Crippen LogP contribution < -0.4 is 28.3 Å². The van der Waals surface area contributed by atoms with Gasteiger partial charge in [-0.2, -0.15) is 6.92 Å². The molecular formula is C10H11LiO3. The van der Waals surface area contributed by atoms with Gasteiger partial charge in [0.25, 0.3) is 0 Å². The predicted molar refractivity (Wildman–Crippen MR) is 49.4 cm³/mol. The summed E-state index contributed by atoms with van der Waals surface area (Å²) >= 11 is 0. The molecule has 1 aromatic carbocycles. The van der Waals surface area contributed by atoms with Gasteiger partial charge in [0.05, 0.1) is 26.3 Å². The van der Waals surface area contributed by atoms with Crippen molar-refractivity contribution in [1.29, 1.82) is 0 Å². The van der Waals surface area contributed by atoms with Gasteiger partial charge in [-0.3, -0.25) is 0 Å². The van der Waals surface area contributed by atoms with Crippen LogP contribution in [0.2, 0.25) is 0 Å². The van der Waals surface area contributed by atoms with Crippen molar-refractivity contribution in [3.8, 4) is 11.5 Å². The summed E-state index contributed by atoms with van der Waals surface area (Å²) < 4.78 is 10.00. The summed E-state index contributed by atoms with van der Waals surface area (Å²) in [6, 6.07) is 3.39. The van der Waals surface area contributed by atoms with Crippen molar-refractivity contribution in [1.82, 2.24) is 0 Å². The number of carbonyl (C=O) groups is 1. The molecule has 0 bridgehead atoms. The van der Waals surface area contributed by atoms with Gasteiger partial charge in [0.15, 0.2) is 0 Å². The molecule has 0 atom stereocenters. The van der Waals surface area contributed by atoms with E-state index in [1.54, 1.807) is 12.1 Å². The van der Waals surface area contributed by atoms with Crippen molar-refractivity contribution < 1.29 is 33.1 Å². The smallest absolute Gasteiger partial charge is 0.554 e. The van der Waals surface area contributed by atoms with Gasteiger partial charge in [0.2, 0.25) is 0 Å². The Morgan fingerprint density at radius 2 is 1.71 bits per heavy atom. The van der Waals surface area contributed by atoms with Gasteiger partial charge in [-0.25, -0.2) is 0 Å². The zero-order valence-corrected chi connectivity index (χ0v) is 8.66. The normalized spacial score (nSPS) is 8.71. The minimum absolute atomic E-state index is 0. The van der Waals surface area contributed by atoms with Crippen LogP contribution in [0, 0.1) is 6.92 Å². The van der Waals surface area contributed by atoms with E-state index in [1.165, 1.54) is 14.2 Å². The van der Waals surface area contributed by atoms with Crippen molar-refractivity contribution >= 4 is 6.29 Å². The van der Waals surface area contributed by atoms with Crippen LogP contribution in [-0.4, -0.2) is 20.5 Å². The van der Waals surface area contributed by atoms with Crippen molar-refractivity contribution in [3.63, 3.8) is 0 Å². The first kappa shape index (κ1) is 13.0. The molecule has 0 saturated heterocycles. The molecule has 0 aromatic heterocycles. The van der Waals surface area contributed by atoms with Crippen molar-refractivity contribution in [3.05, 3.63) is 30.2 Å². The minimum Gasteiger partial charge on any atom is -0.554 e. The summed E-state index contributed by atoms with van der Waals surface area (Å²) in [6.45, 7) is 3.73. The molecule has 0 fully saturated rings. The Kier molecular flexibility index (Phi) is 5.22. The van der Waals surface area contributed by atoms with Crippen LogP contribution in [0.4, 0.5) is 0 Å². The van der Waals surface area contributed by atoms with E-state index in [4.69, 9.17) is 9.47 Å². The number of benzene rings is 1. The topological polar surface area (TPSA) is 35.5 Å². The summed E-state index contributed by atoms with van der Waals surface area (Å²) in [5.74, 6) is 1.10. The molecule has 4 heteroatoms. The first-order valence-electron chi connectivity index (χ1n) is 3.76. The molecule has 0 aliphatic carbocycles. The van der Waals surface area contributed by atoms with Crippen LogP contribution in [0.5, 0.6) is 11.5 Å². The summed E-state index contributed by atoms with van der Waals surface area (Å²) in [4.78, 5) is 10.7. The number of rotatable bonds is 3. The van der Waals surface area contributed by atoms with Gasteiger partial charge in [0.1, 0.15) is 0 Å². The molecule has 0 N–H and O–H groups in total. The first-order valence-corrected chi connectivity index (χ1v) is 3.76. The van der Waals surface area contributed by atoms with Crippen molar-refractivity contribution in [2.24, 2.45) is 0 Å². The Labute approximate surface area is 95.6 Å². The fourth-order valence-corrected chi connectivity index (χ4v) is 1.12. The molecular weight excluding hydrogens is 175 g/mol. The fraction of sp³-hybridized carbons (Fsp3) is 0.200. The standard InChI is InChI=1S/C10H11O3.Li/c1-7-8(6-11)10(13-3)5-4-9(7)12-2;/h4-6H,1H2,2-3H3;/q-1;+1. The van der Waals surface area contributed by atoms with Gasteiger partial charge in [-0.05, 0) is 11.6 Å². The molecule has 0 radical (unpaired) electrons. The molecule has 3 nitrogen and oxygen atoms in total. The van der Waals surface area contributed by atoms with Crippen LogP contribution in [0.3, 0.4) is 0 Å². The van der Waals surface area contributed by atoms with Crippen molar-refractivity contribution in [2.45, 2.75) is 0 Å². The molecule has 0 aliphatic rings. The molecule has 0 heterocycles. The van der Waals surface area contributed by atoms with E-state index in [9.17, 15) is 4.79 Å². The van der Waals surface area contributed by atoms with Gasteiger partial charge >= 0.3 is 18.9 Å². The summed E-state index contributed by atoms with van der Waals surface area (Å²) in [7, 11) is 3.04. The summed E-state index contributed by atoms with van der Waals surface area (Å²) in [6.07, 6.45) is 0.712. The second-order valence-electron chi connectivity index (χ2n) is 2.48. The van der Waals surface area contributed by atoms with E-state index in [0.717, 1.165) is 0 Å². The van der Waals surface area contributed by atoms with Gasteiger partial charge < -0.3 is 14.3 Å². The maximum Gasteiger partial charge on any atom is 1.00 e. The molecule has 0 amide bonds. The van der Waals surface area contributed by atoms with Crippen LogP contribution in [0.25, 0.3) is 0 Å². The third-order valence-corrected chi connectivity index (χ3v) is 1.83. The van der Waals surface area contributed by atoms with E-state index >= 15 is 0 Å². The number of ether oxygens (including phenoxy) is 2. The van der Waals surface area contributed by atoms with E-state index < -0.39 is 0 Å². The maximum absolute atomic E-state index is 10.7. The predicted octanol–water partition coefficient (Wildman–Crippen LogP) is -1.30. The second-order valence-corrected chi connectivity index (χ2v) is 2.48. The zero-order valence-electron chi connectivity index (χ0n) is 8.66. The van der Waals surface area contributed by atoms with Crippen LogP contribution >= 0.6 is 0 Å². The molecule has 14 heavy (non-hydrogen) atoms. The van der Waals surface area contributed by atoms with Gasteiger partial charge in [0, 0.05) is 5.75 Å². The molecule has 0 saturated carbocycles. The summed E-state index contributed by atoms with van der Waals surface area (Å²) in [5.41, 5.74) is 0.985. The zero-order chi connectivity index (χ0) is 9.84. The molecule has 1 rings (SSSR count). The molecule has 70 valence electrons. The molecule has 0 unspecified atom stereocenters. The average Bonchev–Trinajstić information content (AvgIpc) is 2.17. The maximum atomic E-state index is 10.7. The van der Waals surface area contributed by atoms with Crippen LogP contribution in [0.1, 0.15) is 15.9 Å². The molecule has 1 aromatic rings. The Balaban J connectivity index is 0.00000169. The third kappa shape index (κ3) is 2.25. The van der Waals surface area contributed by atoms with E-state index in [0.29, 0.717) is 28.9 Å². The molecule has 0 spiro atoms. The quantitative estimate of drug-likeness (QED) is 0.334. The SMILES string of the molecule is [CH2-]c1c(OC)ccc(OC)c1C=O.[Li+]. The number of hydrogen-bond acceptors (Lipinski definition) is 3. The minimum atomic E-state index is 0. The van der Waals surface area contributed by atoms with E-state index in [1.807, 2.05) is 0 Å². The Hall–Kier alpha value is -1.04. The Morgan fingerprint density at radius 3 is 2.14 bits per heavy atom. The van der Waals surface area contributed by atoms with Crippen LogP contribution in [0.15, 0.2) is 12.1 Å². The second kappa shape index (κ2) is 5.64. The monoisotopic (exact) mass is 186 g/mol. The van der Waals surface area contributed by atoms with Crippen LogP contribution in [-0.2, 0) is 0 Å². The van der Waals surface area contributed by atoms with Crippen molar-refractivity contribution in [2.75, 3.05) is 14.2 Å². The fourth-order valence-electron chi connectivity index (χ4n) is 1.12. The number of aldehydes is 1. The Bertz CT molecular complexity index is 323. The number of hydrogen-bond donors (Lipinski definition) is 0. The largest absolute Gasteiger partial charge is 1.00 e. The first-order chi connectivity index (χ1) is 6.24. The van der Waals surface area contributed by atoms with Gasteiger partial charge in [-0.1, -0.05) is 6.07 Å². The molecule has 0 aliphatic heterocycles.